The maximum Gasteiger partial charge on any atom is 0.183 e. The number of aromatic nitrogens is 4. The van der Waals surface area contributed by atoms with Gasteiger partial charge in [0.2, 0.25) is 0 Å². The van der Waals surface area contributed by atoms with E-state index in [1.165, 1.54) is 0 Å². The third-order valence-electron chi connectivity index (χ3n) is 2.00. The molecule has 0 amide bonds. The molecule has 0 bridgehead atoms. The number of nitrogens with zero attached hydrogens (tertiary/aromatic N) is 3. The Balaban J connectivity index is 2.54. The van der Waals surface area contributed by atoms with Crippen molar-refractivity contribution in [2.24, 2.45) is 0 Å². The molecule has 15 heavy (non-hydrogen) atoms. The Morgan fingerprint density at radius 1 is 1.33 bits per heavy atom. The van der Waals surface area contributed by atoms with Crippen molar-refractivity contribution >= 4 is 17.0 Å². The maximum absolute atomic E-state index is 4.31. The van der Waals surface area contributed by atoms with Crippen LogP contribution in [0.5, 0.6) is 0 Å². The van der Waals surface area contributed by atoms with E-state index in [4.69, 9.17) is 0 Å². The summed E-state index contributed by atoms with van der Waals surface area (Å²) in [5.74, 6) is 2.32. The number of H-pyrrole nitrogens is 1. The van der Waals surface area contributed by atoms with E-state index in [-0.39, 0.29) is 0 Å². The zero-order valence-corrected chi connectivity index (χ0v) is 8.83. The number of nitrogens with one attached hydrogen (secondary N) is 2. The quantitative estimate of drug-likeness (QED) is 0.743. The summed E-state index contributed by atoms with van der Waals surface area (Å²) in [6.45, 7) is 8.07. The van der Waals surface area contributed by atoms with Crippen LogP contribution < -0.4 is 5.32 Å². The van der Waals surface area contributed by atoms with Crippen LogP contribution in [0.3, 0.4) is 0 Å². The molecule has 0 aliphatic carbocycles. The van der Waals surface area contributed by atoms with E-state index in [0.717, 1.165) is 17.2 Å². The maximum atomic E-state index is 4.31. The van der Waals surface area contributed by atoms with Crippen LogP contribution in [0, 0.1) is 13.8 Å². The highest BCUT2D eigenvalue weighted by Crippen LogP contribution is 2.17. The highest BCUT2D eigenvalue weighted by molar-refractivity contribution is 5.82. The first-order chi connectivity index (χ1) is 7.20. The lowest BCUT2D eigenvalue weighted by Crippen LogP contribution is -2.03. The first-order valence-corrected chi connectivity index (χ1v) is 4.76. The summed E-state index contributed by atoms with van der Waals surface area (Å²) < 4.78 is 0. The standard InChI is InChI=1S/C10H13N5/c1-4-5-11-9-8-10(14-6(2)12-8)15-7(3)13-9/h4H,1,5H2,2-3H3,(H2,11,12,13,14,15). The van der Waals surface area contributed by atoms with Gasteiger partial charge in [-0.1, -0.05) is 6.08 Å². The Morgan fingerprint density at radius 3 is 2.87 bits per heavy atom. The average molecular weight is 203 g/mol. The van der Waals surface area contributed by atoms with Gasteiger partial charge in [0.25, 0.3) is 0 Å². The van der Waals surface area contributed by atoms with Gasteiger partial charge in [0.15, 0.2) is 11.5 Å². The molecule has 0 fully saturated rings. The number of rotatable bonds is 3. The Kier molecular flexibility index (Phi) is 2.37. The van der Waals surface area contributed by atoms with Gasteiger partial charge in [0, 0.05) is 6.54 Å². The molecule has 0 saturated carbocycles. The van der Waals surface area contributed by atoms with Crippen LogP contribution >= 0.6 is 0 Å². The largest absolute Gasteiger partial charge is 0.365 e. The SMILES string of the molecule is C=CCNc1nc(C)nc2nc(C)[nH]c12. The monoisotopic (exact) mass is 203 g/mol. The first-order valence-electron chi connectivity index (χ1n) is 4.76. The molecule has 2 aromatic rings. The fraction of sp³-hybridized carbons (Fsp3) is 0.300. The normalized spacial score (nSPS) is 10.5. The second kappa shape index (κ2) is 3.68. The molecule has 0 aliphatic rings. The Labute approximate surface area is 87.7 Å². The minimum Gasteiger partial charge on any atom is -0.365 e. The van der Waals surface area contributed by atoms with E-state index in [1.54, 1.807) is 6.08 Å². The minimum atomic E-state index is 0.670. The highest BCUT2D eigenvalue weighted by atomic mass is 15.1. The fourth-order valence-corrected chi connectivity index (χ4v) is 1.42. The van der Waals surface area contributed by atoms with Crippen LogP contribution in [0.2, 0.25) is 0 Å². The van der Waals surface area contributed by atoms with Crippen molar-refractivity contribution in [1.29, 1.82) is 0 Å². The van der Waals surface area contributed by atoms with Gasteiger partial charge >= 0.3 is 0 Å². The predicted molar refractivity (Wildman–Crippen MR) is 59.8 cm³/mol. The molecule has 0 unspecified atom stereocenters. The third-order valence-corrected chi connectivity index (χ3v) is 2.00. The number of anilines is 1. The number of hydrogen-bond acceptors (Lipinski definition) is 4. The summed E-state index contributed by atoms with van der Waals surface area (Å²) in [5.41, 5.74) is 1.55. The zero-order valence-electron chi connectivity index (χ0n) is 8.83. The molecular formula is C10H13N5. The van der Waals surface area contributed by atoms with Gasteiger partial charge in [0.1, 0.15) is 17.2 Å². The van der Waals surface area contributed by atoms with Crippen molar-refractivity contribution in [3.8, 4) is 0 Å². The summed E-state index contributed by atoms with van der Waals surface area (Å²) in [4.78, 5) is 16.0. The van der Waals surface area contributed by atoms with Gasteiger partial charge < -0.3 is 10.3 Å². The lowest BCUT2D eigenvalue weighted by molar-refractivity contribution is 1.07. The lowest BCUT2D eigenvalue weighted by Gasteiger charge is -2.03. The molecule has 5 heteroatoms. The van der Waals surface area contributed by atoms with Gasteiger partial charge in [-0.15, -0.1) is 6.58 Å². The molecule has 2 N–H and O–H groups in total. The number of aromatic amines is 1. The molecule has 78 valence electrons. The Hall–Kier alpha value is -1.91. The van der Waals surface area contributed by atoms with E-state index in [2.05, 4.69) is 31.8 Å². The summed E-state index contributed by atoms with van der Waals surface area (Å²) in [7, 11) is 0. The molecule has 0 radical (unpaired) electrons. The van der Waals surface area contributed by atoms with E-state index in [9.17, 15) is 0 Å². The van der Waals surface area contributed by atoms with E-state index < -0.39 is 0 Å². The molecule has 0 spiro atoms. The highest BCUT2D eigenvalue weighted by Gasteiger charge is 2.08. The van der Waals surface area contributed by atoms with E-state index >= 15 is 0 Å². The topological polar surface area (TPSA) is 66.5 Å². The summed E-state index contributed by atoms with van der Waals surface area (Å²) in [5, 5.41) is 3.15. The predicted octanol–water partition coefficient (Wildman–Crippen LogP) is 1.57. The molecular weight excluding hydrogens is 190 g/mol. The number of hydrogen-bond donors (Lipinski definition) is 2. The van der Waals surface area contributed by atoms with Gasteiger partial charge in [-0.05, 0) is 13.8 Å². The summed E-state index contributed by atoms with van der Waals surface area (Å²) in [6.07, 6.45) is 1.78. The zero-order chi connectivity index (χ0) is 10.8. The minimum absolute atomic E-state index is 0.670. The van der Waals surface area contributed by atoms with Gasteiger partial charge in [-0.25, -0.2) is 15.0 Å². The average Bonchev–Trinajstić information content (AvgIpc) is 2.54. The lowest BCUT2D eigenvalue weighted by atomic mass is 10.4. The molecule has 0 aliphatic heterocycles. The van der Waals surface area contributed by atoms with Crippen LogP contribution in [0.1, 0.15) is 11.6 Å². The number of fused-ring (bicyclic) bond motifs is 1. The Morgan fingerprint density at radius 2 is 2.13 bits per heavy atom. The van der Waals surface area contributed by atoms with Crippen molar-refractivity contribution in [2.75, 3.05) is 11.9 Å². The van der Waals surface area contributed by atoms with Gasteiger partial charge in [-0.3, -0.25) is 0 Å². The number of imidazole rings is 1. The first kappa shape index (κ1) is 9.64. The van der Waals surface area contributed by atoms with Gasteiger partial charge in [0.05, 0.1) is 0 Å². The van der Waals surface area contributed by atoms with Gasteiger partial charge in [-0.2, -0.15) is 0 Å². The molecule has 0 atom stereocenters. The van der Waals surface area contributed by atoms with Crippen molar-refractivity contribution < 1.29 is 0 Å². The van der Waals surface area contributed by atoms with Crippen LogP contribution in [0.25, 0.3) is 11.2 Å². The molecule has 0 aromatic carbocycles. The second-order valence-corrected chi connectivity index (χ2v) is 3.31. The molecule has 5 nitrogen and oxygen atoms in total. The van der Waals surface area contributed by atoms with Crippen molar-refractivity contribution in [3.63, 3.8) is 0 Å². The van der Waals surface area contributed by atoms with Crippen LogP contribution in [0.15, 0.2) is 12.7 Å². The van der Waals surface area contributed by atoms with Crippen molar-refractivity contribution in [3.05, 3.63) is 24.3 Å². The third kappa shape index (κ3) is 1.81. The van der Waals surface area contributed by atoms with Crippen molar-refractivity contribution in [1.82, 2.24) is 19.9 Å². The molecule has 2 heterocycles. The second-order valence-electron chi connectivity index (χ2n) is 3.31. The summed E-state index contributed by atoms with van der Waals surface area (Å²) >= 11 is 0. The number of aryl methyl sites for hydroxylation is 2. The molecule has 2 rings (SSSR count). The summed E-state index contributed by atoms with van der Waals surface area (Å²) in [6, 6.07) is 0. The van der Waals surface area contributed by atoms with Crippen molar-refractivity contribution in [2.45, 2.75) is 13.8 Å². The van der Waals surface area contributed by atoms with E-state index in [1.807, 2.05) is 13.8 Å². The fourth-order valence-electron chi connectivity index (χ4n) is 1.42. The van der Waals surface area contributed by atoms with Crippen LogP contribution in [0.4, 0.5) is 5.82 Å². The smallest absolute Gasteiger partial charge is 0.183 e. The van der Waals surface area contributed by atoms with E-state index in [0.29, 0.717) is 18.0 Å². The Bertz CT molecular complexity index is 500. The van der Waals surface area contributed by atoms with Crippen LogP contribution in [-0.4, -0.2) is 26.5 Å². The molecule has 0 saturated heterocycles. The molecule has 2 aromatic heterocycles. The van der Waals surface area contributed by atoms with Crippen LogP contribution in [-0.2, 0) is 0 Å².